The molecule has 0 radical (unpaired) electrons. The van der Waals surface area contributed by atoms with Gasteiger partial charge in [-0.25, -0.2) is 8.42 Å². The molecule has 7 nitrogen and oxygen atoms in total. The summed E-state index contributed by atoms with van der Waals surface area (Å²) < 4.78 is 30.1. The van der Waals surface area contributed by atoms with Crippen molar-refractivity contribution in [3.8, 4) is 5.75 Å². The molecule has 33 heavy (non-hydrogen) atoms. The van der Waals surface area contributed by atoms with E-state index in [-0.39, 0.29) is 12.0 Å². The van der Waals surface area contributed by atoms with E-state index >= 15 is 0 Å². The molecule has 4 atom stereocenters. The minimum absolute atomic E-state index is 0.0116. The molecule has 178 valence electrons. The van der Waals surface area contributed by atoms with Crippen LogP contribution in [0.4, 0.5) is 0 Å². The Hall–Kier alpha value is -2.42. The summed E-state index contributed by atoms with van der Waals surface area (Å²) in [5, 5.41) is 7.40. The lowest BCUT2D eigenvalue weighted by atomic mass is 9.81. The van der Waals surface area contributed by atoms with Crippen LogP contribution in [0.25, 0.3) is 0 Å². The van der Waals surface area contributed by atoms with Crippen molar-refractivity contribution in [2.24, 2.45) is 0 Å². The molecule has 2 aliphatic rings. The van der Waals surface area contributed by atoms with Gasteiger partial charge in [0.05, 0.1) is 19.3 Å². The van der Waals surface area contributed by atoms with Gasteiger partial charge in [0.2, 0.25) is 15.9 Å². The number of amides is 1. The number of nitrogens with one attached hydrogen (secondary N) is 3. The van der Waals surface area contributed by atoms with E-state index in [0.29, 0.717) is 24.6 Å². The van der Waals surface area contributed by atoms with Gasteiger partial charge in [0, 0.05) is 30.1 Å². The molecule has 3 N–H and O–H groups in total. The van der Waals surface area contributed by atoms with Crippen LogP contribution in [0.15, 0.2) is 54.6 Å². The maximum Gasteiger partial charge on any atom is 0.237 e. The molecule has 1 amide bonds. The van der Waals surface area contributed by atoms with Crippen LogP contribution in [-0.2, 0) is 21.2 Å². The first-order chi connectivity index (χ1) is 15.7. The summed E-state index contributed by atoms with van der Waals surface area (Å²) in [4.78, 5) is 11.7. The Morgan fingerprint density at radius 2 is 1.85 bits per heavy atom. The average Bonchev–Trinajstić information content (AvgIpc) is 3.51. The average molecular weight is 472 g/mol. The van der Waals surface area contributed by atoms with Crippen molar-refractivity contribution in [1.82, 2.24) is 15.4 Å². The Balaban J connectivity index is 1.11. The molecule has 0 bridgehead atoms. The zero-order valence-corrected chi connectivity index (χ0v) is 20.0. The number of ether oxygens (including phenoxy) is 1. The second kappa shape index (κ2) is 9.83. The normalized spacial score (nSPS) is 26.3. The molecule has 0 spiro atoms. The molecule has 4 rings (SSSR count). The third-order valence-electron chi connectivity index (χ3n) is 6.40. The van der Waals surface area contributed by atoms with E-state index in [1.807, 2.05) is 16.9 Å². The fraction of sp³-hybridized carbons (Fsp3) is 0.480. The predicted octanol–water partition coefficient (Wildman–Crippen LogP) is 2.34. The van der Waals surface area contributed by atoms with Crippen LogP contribution < -0.4 is 20.1 Å². The number of rotatable bonds is 11. The lowest BCUT2D eigenvalue weighted by molar-refractivity contribution is -0.118. The first-order valence-corrected chi connectivity index (χ1v) is 13.4. The van der Waals surface area contributed by atoms with Crippen molar-refractivity contribution in [3.63, 3.8) is 0 Å². The van der Waals surface area contributed by atoms with E-state index in [1.54, 1.807) is 12.1 Å². The zero-order valence-electron chi connectivity index (χ0n) is 19.2. The highest BCUT2D eigenvalue weighted by molar-refractivity contribution is 7.89. The van der Waals surface area contributed by atoms with Gasteiger partial charge < -0.3 is 15.4 Å². The number of hydrogen-bond acceptors (Lipinski definition) is 6. The van der Waals surface area contributed by atoms with Gasteiger partial charge in [-0.05, 0) is 49.4 Å². The number of sulfonamides is 1. The fourth-order valence-corrected chi connectivity index (χ4v) is 5.11. The SMILES string of the molecule is CC1(CCOc2ccc(CC(=O)NS(C)(=O)=O)cc2)CC(CN[C@@H]2C[C@H]2c2ccccc2)N1. The Morgan fingerprint density at radius 1 is 1.15 bits per heavy atom. The number of benzene rings is 2. The lowest BCUT2D eigenvalue weighted by Crippen LogP contribution is -2.65. The summed E-state index contributed by atoms with van der Waals surface area (Å²) in [6.07, 6.45) is 4.24. The molecule has 2 fully saturated rings. The van der Waals surface area contributed by atoms with E-state index in [9.17, 15) is 13.2 Å². The Kier molecular flexibility index (Phi) is 7.07. The van der Waals surface area contributed by atoms with E-state index in [4.69, 9.17) is 4.74 Å². The predicted molar refractivity (Wildman–Crippen MR) is 129 cm³/mol. The molecule has 2 aromatic carbocycles. The highest BCUT2D eigenvalue weighted by atomic mass is 32.2. The summed E-state index contributed by atoms with van der Waals surface area (Å²) >= 11 is 0. The van der Waals surface area contributed by atoms with Crippen molar-refractivity contribution >= 4 is 15.9 Å². The van der Waals surface area contributed by atoms with Gasteiger partial charge in [0.1, 0.15) is 5.75 Å². The van der Waals surface area contributed by atoms with Gasteiger partial charge in [0.25, 0.3) is 0 Å². The van der Waals surface area contributed by atoms with Gasteiger partial charge in [-0.1, -0.05) is 42.5 Å². The zero-order chi connectivity index (χ0) is 23.5. The lowest BCUT2D eigenvalue weighted by Gasteiger charge is -2.47. The molecule has 1 aliphatic heterocycles. The van der Waals surface area contributed by atoms with Crippen LogP contribution in [0, 0.1) is 0 Å². The number of carbonyl (C=O) groups excluding carboxylic acids is 1. The van der Waals surface area contributed by atoms with Crippen molar-refractivity contribution in [3.05, 3.63) is 65.7 Å². The molecule has 1 aliphatic carbocycles. The van der Waals surface area contributed by atoms with Gasteiger partial charge in [-0.15, -0.1) is 0 Å². The second-order valence-corrected chi connectivity index (χ2v) is 11.3. The molecule has 8 heteroatoms. The van der Waals surface area contributed by atoms with Crippen LogP contribution in [0.5, 0.6) is 5.75 Å². The van der Waals surface area contributed by atoms with Crippen LogP contribution in [0.1, 0.15) is 43.2 Å². The van der Waals surface area contributed by atoms with E-state index in [2.05, 4.69) is 47.9 Å². The number of carbonyl (C=O) groups is 1. The van der Waals surface area contributed by atoms with Crippen LogP contribution in [0.3, 0.4) is 0 Å². The monoisotopic (exact) mass is 471 g/mol. The molecular formula is C25H33N3O4S. The van der Waals surface area contributed by atoms with E-state index in [1.165, 1.54) is 12.0 Å². The summed E-state index contributed by atoms with van der Waals surface area (Å²) in [7, 11) is -3.53. The fourth-order valence-electron chi connectivity index (χ4n) is 4.62. The number of hydrogen-bond donors (Lipinski definition) is 3. The van der Waals surface area contributed by atoms with Gasteiger partial charge >= 0.3 is 0 Å². The standard InChI is InChI=1S/C25H33N3O4S/c1-25(16-20(27-25)17-26-23-15-22(23)19-6-4-3-5-7-19)12-13-32-21-10-8-18(9-11-21)14-24(29)28-33(2,30)31/h3-11,20,22-23,26-27H,12-17H2,1-2H3,(H,28,29)/t20?,22-,23+,25?/m0/s1. The smallest absolute Gasteiger partial charge is 0.237 e. The van der Waals surface area contributed by atoms with Crippen LogP contribution >= 0.6 is 0 Å². The van der Waals surface area contributed by atoms with Crippen molar-refractivity contribution in [2.45, 2.75) is 56.1 Å². The molecule has 0 aromatic heterocycles. The first kappa shape index (κ1) is 23.7. The maximum atomic E-state index is 11.7. The topological polar surface area (TPSA) is 96.5 Å². The largest absolute Gasteiger partial charge is 0.494 e. The molecule has 1 saturated carbocycles. The first-order valence-electron chi connectivity index (χ1n) is 11.5. The van der Waals surface area contributed by atoms with Gasteiger partial charge in [-0.3, -0.25) is 9.52 Å². The quantitative estimate of drug-likeness (QED) is 0.466. The highest BCUT2D eigenvalue weighted by Gasteiger charge is 2.42. The van der Waals surface area contributed by atoms with Crippen LogP contribution in [-0.4, -0.2) is 51.4 Å². The molecule has 2 unspecified atom stereocenters. The van der Waals surface area contributed by atoms with Crippen molar-refractivity contribution in [1.29, 1.82) is 0 Å². The van der Waals surface area contributed by atoms with Crippen LogP contribution in [0.2, 0.25) is 0 Å². The second-order valence-electron chi connectivity index (χ2n) is 9.59. The summed E-state index contributed by atoms with van der Waals surface area (Å²) in [6.45, 7) is 3.84. The van der Waals surface area contributed by atoms with Crippen molar-refractivity contribution in [2.75, 3.05) is 19.4 Å². The third-order valence-corrected chi connectivity index (χ3v) is 7.00. The molecule has 1 heterocycles. The maximum absolute atomic E-state index is 11.7. The molecule has 2 aromatic rings. The van der Waals surface area contributed by atoms with Crippen molar-refractivity contribution < 1.29 is 17.9 Å². The summed E-state index contributed by atoms with van der Waals surface area (Å²) in [5.74, 6) is 0.854. The Bertz CT molecular complexity index is 1050. The Labute approximate surface area is 196 Å². The van der Waals surface area contributed by atoms with Gasteiger partial charge in [-0.2, -0.15) is 0 Å². The van der Waals surface area contributed by atoms with Gasteiger partial charge in [0.15, 0.2) is 0 Å². The minimum atomic E-state index is -3.53. The highest BCUT2D eigenvalue weighted by Crippen LogP contribution is 2.40. The minimum Gasteiger partial charge on any atom is -0.494 e. The molecule has 1 saturated heterocycles. The van der Waals surface area contributed by atoms with E-state index in [0.717, 1.165) is 37.0 Å². The Morgan fingerprint density at radius 3 is 2.52 bits per heavy atom. The third kappa shape index (κ3) is 7.03. The summed E-state index contributed by atoms with van der Waals surface area (Å²) in [5.41, 5.74) is 2.26. The van der Waals surface area contributed by atoms with E-state index < -0.39 is 15.9 Å². The molecular weight excluding hydrogens is 438 g/mol. The summed E-state index contributed by atoms with van der Waals surface area (Å²) in [6, 6.07) is 19.0.